The first kappa shape index (κ1) is 15.3. The van der Waals surface area contributed by atoms with Crippen molar-refractivity contribution in [1.29, 1.82) is 0 Å². The summed E-state index contributed by atoms with van der Waals surface area (Å²) in [5.41, 5.74) is 0. The molecule has 7 heteroatoms. The lowest BCUT2D eigenvalue weighted by atomic mass is 9.93. The van der Waals surface area contributed by atoms with E-state index in [9.17, 15) is 17.2 Å². The quantitative estimate of drug-likeness (QED) is 0.873. The molecule has 0 spiro atoms. The van der Waals surface area contributed by atoms with Crippen molar-refractivity contribution < 1.29 is 22.3 Å². The zero-order valence-electron chi connectivity index (χ0n) is 10.9. The summed E-state index contributed by atoms with van der Waals surface area (Å²) >= 11 is 0. The molecule has 1 aromatic carbocycles. The summed E-state index contributed by atoms with van der Waals surface area (Å²) < 4.78 is 52.4. The van der Waals surface area contributed by atoms with Gasteiger partial charge in [0, 0.05) is 19.2 Å². The molecule has 0 radical (unpaired) electrons. The Hall–Kier alpha value is -1.05. The second kappa shape index (κ2) is 6.15. The molecule has 1 aromatic rings. The first-order chi connectivity index (χ1) is 9.46. The average Bonchev–Trinajstić information content (AvgIpc) is 2.35. The SMILES string of the molecule is O=S(=O)(c1ccc(F)c(F)c1)N(CCCO)C1CCC1. The lowest BCUT2D eigenvalue weighted by Gasteiger charge is -2.36. The summed E-state index contributed by atoms with van der Waals surface area (Å²) in [7, 11) is -3.86. The summed E-state index contributed by atoms with van der Waals surface area (Å²) in [5, 5.41) is 8.87. The van der Waals surface area contributed by atoms with Crippen LogP contribution in [0.5, 0.6) is 0 Å². The first-order valence-corrected chi connectivity index (χ1v) is 7.98. The van der Waals surface area contributed by atoms with Gasteiger partial charge in [-0.05, 0) is 37.5 Å². The number of rotatable bonds is 6. The van der Waals surface area contributed by atoms with Gasteiger partial charge in [-0.3, -0.25) is 0 Å². The summed E-state index contributed by atoms with van der Waals surface area (Å²) in [5.74, 6) is -2.25. The fourth-order valence-corrected chi connectivity index (χ4v) is 3.91. The van der Waals surface area contributed by atoms with E-state index >= 15 is 0 Å². The molecule has 0 amide bonds. The van der Waals surface area contributed by atoms with E-state index < -0.39 is 21.7 Å². The third kappa shape index (κ3) is 2.99. The molecule has 0 unspecified atom stereocenters. The highest BCUT2D eigenvalue weighted by Crippen LogP contribution is 2.30. The summed E-state index contributed by atoms with van der Waals surface area (Å²) in [4.78, 5) is -0.249. The number of sulfonamides is 1. The van der Waals surface area contributed by atoms with E-state index in [0.717, 1.165) is 31.4 Å². The van der Waals surface area contributed by atoms with E-state index in [4.69, 9.17) is 5.11 Å². The zero-order valence-corrected chi connectivity index (χ0v) is 11.7. The molecule has 1 aliphatic carbocycles. The molecule has 0 atom stereocenters. The molecule has 0 aliphatic heterocycles. The number of hydrogen-bond donors (Lipinski definition) is 1. The molecule has 0 bridgehead atoms. The lowest BCUT2D eigenvalue weighted by Crippen LogP contribution is -2.44. The van der Waals surface area contributed by atoms with E-state index in [-0.39, 0.29) is 24.1 Å². The Morgan fingerprint density at radius 2 is 1.95 bits per heavy atom. The van der Waals surface area contributed by atoms with Gasteiger partial charge in [0.15, 0.2) is 11.6 Å². The lowest BCUT2D eigenvalue weighted by molar-refractivity contribution is 0.198. The highest BCUT2D eigenvalue weighted by molar-refractivity contribution is 7.89. The molecule has 0 saturated heterocycles. The molecule has 1 saturated carbocycles. The van der Waals surface area contributed by atoms with Gasteiger partial charge in [-0.25, -0.2) is 17.2 Å². The predicted molar refractivity (Wildman–Crippen MR) is 69.6 cm³/mol. The number of nitrogens with zero attached hydrogens (tertiary/aromatic N) is 1. The fourth-order valence-electron chi connectivity index (χ4n) is 2.17. The number of hydrogen-bond acceptors (Lipinski definition) is 3. The molecule has 1 aliphatic rings. The molecule has 20 heavy (non-hydrogen) atoms. The highest BCUT2D eigenvalue weighted by Gasteiger charge is 2.34. The van der Waals surface area contributed by atoms with Crippen LogP contribution in [0.15, 0.2) is 23.1 Å². The number of aliphatic hydroxyl groups excluding tert-OH is 1. The Labute approximate surface area is 117 Å². The van der Waals surface area contributed by atoms with Crippen LogP contribution in [0, 0.1) is 11.6 Å². The number of halogens is 2. The minimum atomic E-state index is -3.86. The van der Waals surface area contributed by atoms with E-state index in [1.807, 2.05) is 0 Å². The maximum absolute atomic E-state index is 13.2. The van der Waals surface area contributed by atoms with Gasteiger partial charge in [-0.1, -0.05) is 6.42 Å². The van der Waals surface area contributed by atoms with E-state index in [0.29, 0.717) is 12.5 Å². The van der Waals surface area contributed by atoms with Crippen molar-refractivity contribution in [3.8, 4) is 0 Å². The van der Waals surface area contributed by atoms with Crippen molar-refractivity contribution in [2.75, 3.05) is 13.2 Å². The van der Waals surface area contributed by atoms with Gasteiger partial charge in [-0.15, -0.1) is 0 Å². The summed E-state index contributed by atoms with van der Waals surface area (Å²) in [6.07, 6.45) is 2.79. The third-order valence-electron chi connectivity index (χ3n) is 3.52. The largest absolute Gasteiger partial charge is 0.396 e. The molecule has 112 valence electrons. The fraction of sp³-hybridized carbons (Fsp3) is 0.538. The van der Waals surface area contributed by atoms with E-state index in [1.165, 1.54) is 4.31 Å². The van der Waals surface area contributed by atoms with Crippen LogP contribution < -0.4 is 0 Å². The number of benzene rings is 1. The Kier molecular flexibility index (Phi) is 4.72. The van der Waals surface area contributed by atoms with Crippen LogP contribution in [0.2, 0.25) is 0 Å². The monoisotopic (exact) mass is 305 g/mol. The molecule has 0 aromatic heterocycles. The Bertz CT molecular complexity index is 573. The van der Waals surface area contributed by atoms with Crippen molar-refractivity contribution in [2.24, 2.45) is 0 Å². The van der Waals surface area contributed by atoms with Crippen LogP contribution in [-0.4, -0.2) is 37.0 Å². The van der Waals surface area contributed by atoms with Crippen molar-refractivity contribution in [1.82, 2.24) is 4.31 Å². The van der Waals surface area contributed by atoms with Gasteiger partial charge in [0.05, 0.1) is 4.90 Å². The highest BCUT2D eigenvalue weighted by atomic mass is 32.2. The molecular formula is C13H17F2NO3S. The molecule has 1 fully saturated rings. The third-order valence-corrected chi connectivity index (χ3v) is 5.46. The van der Waals surface area contributed by atoms with Crippen LogP contribution in [0.4, 0.5) is 8.78 Å². The van der Waals surface area contributed by atoms with Crippen molar-refractivity contribution >= 4 is 10.0 Å². The van der Waals surface area contributed by atoms with Crippen LogP contribution in [0.3, 0.4) is 0 Å². The normalized spacial score (nSPS) is 16.4. The molecule has 0 heterocycles. The second-order valence-corrected chi connectivity index (χ2v) is 6.74. The predicted octanol–water partition coefficient (Wildman–Crippen LogP) is 1.89. The molecular weight excluding hydrogens is 288 g/mol. The van der Waals surface area contributed by atoms with Crippen LogP contribution in [0.1, 0.15) is 25.7 Å². The Morgan fingerprint density at radius 1 is 1.25 bits per heavy atom. The van der Waals surface area contributed by atoms with Gasteiger partial charge < -0.3 is 5.11 Å². The molecule has 1 N–H and O–H groups in total. The van der Waals surface area contributed by atoms with E-state index in [1.54, 1.807) is 0 Å². The van der Waals surface area contributed by atoms with Gasteiger partial charge in [0.1, 0.15) is 0 Å². The van der Waals surface area contributed by atoms with Crippen LogP contribution in [0.25, 0.3) is 0 Å². The topological polar surface area (TPSA) is 57.6 Å². The van der Waals surface area contributed by atoms with Crippen molar-refractivity contribution in [3.63, 3.8) is 0 Å². The maximum Gasteiger partial charge on any atom is 0.243 e. The molecule has 4 nitrogen and oxygen atoms in total. The van der Waals surface area contributed by atoms with E-state index in [2.05, 4.69) is 0 Å². The minimum Gasteiger partial charge on any atom is -0.396 e. The smallest absolute Gasteiger partial charge is 0.243 e. The van der Waals surface area contributed by atoms with Crippen molar-refractivity contribution in [2.45, 2.75) is 36.6 Å². The molecule has 2 rings (SSSR count). The summed E-state index contributed by atoms with van der Waals surface area (Å²) in [6, 6.07) is 2.47. The zero-order chi connectivity index (χ0) is 14.8. The van der Waals surface area contributed by atoms with Crippen LogP contribution >= 0.6 is 0 Å². The van der Waals surface area contributed by atoms with Gasteiger partial charge in [0.25, 0.3) is 0 Å². The average molecular weight is 305 g/mol. The minimum absolute atomic E-state index is 0.111. The van der Waals surface area contributed by atoms with Gasteiger partial charge in [-0.2, -0.15) is 4.31 Å². The standard InChI is InChI=1S/C13H17F2NO3S/c14-12-6-5-11(9-13(12)15)20(18,19)16(7-2-8-17)10-3-1-4-10/h5-6,9-10,17H,1-4,7-8H2. The second-order valence-electron chi connectivity index (χ2n) is 4.85. The van der Waals surface area contributed by atoms with Gasteiger partial charge in [0.2, 0.25) is 10.0 Å². The maximum atomic E-state index is 13.2. The Balaban J connectivity index is 2.30. The first-order valence-electron chi connectivity index (χ1n) is 6.54. The number of aliphatic hydroxyl groups is 1. The Morgan fingerprint density at radius 3 is 2.45 bits per heavy atom. The van der Waals surface area contributed by atoms with Crippen molar-refractivity contribution in [3.05, 3.63) is 29.8 Å². The summed E-state index contributed by atoms with van der Waals surface area (Å²) in [6.45, 7) is 0.0685. The van der Waals surface area contributed by atoms with Crippen LogP contribution in [-0.2, 0) is 10.0 Å². The van der Waals surface area contributed by atoms with Gasteiger partial charge >= 0.3 is 0 Å².